The first-order valence-electron chi connectivity index (χ1n) is 54.9. The van der Waals surface area contributed by atoms with Crippen LogP contribution in [0.5, 0.6) is 0 Å². The lowest BCUT2D eigenvalue weighted by molar-refractivity contribution is -0.927. The van der Waals surface area contributed by atoms with Crippen LogP contribution in [-0.4, -0.2) is 392 Å². The molecule has 1 aliphatic rings. The van der Waals surface area contributed by atoms with E-state index in [9.17, 15) is 43.2 Å². The third-order valence-corrected chi connectivity index (χ3v) is 27.0. The molecule has 0 aliphatic heterocycles. The maximum atomic E-state index is 12.5. The monoisotopic (exact) mass is 2040 g/mol. The van der Waals surface area contributed by atoms with Crippen LogP contribution < -0.4 is 0 Å². The van der Waals surface area contributed by atoms with Crippen molar-refractivity contribution in [3.05, 3.63) is 141 Å². The summed E-state index contributed by atoms with van der Waals surface area (Å²) in [7, 11) is 12.3. The molecule has 27 heteroatoms. The molecule has 0 bridgehead atoms. The van der Waals surface area contributed by atoms with Gasteiger partial charge in [0.05, 0.1) is 180 Å². The van der Waals surface area contributed by atoms with Gasteiger partial charge < -0.3 is 83.0 Å². The predicted molar refractivity (Wildman–Crippen MR) is 600 cm³/mol. The van der Waals surface area contributed by atoms with Gasteiger partial charge in [-0.3, -0.25) is 4.79 Å². The number of quaternary nitrogens is 9. The SMILES string of the molecule is C=C(C)C(=O)OCC[N+](C)(C)C.C=C(C)C(=O)OCC[N+](CC)(CC)CC.C=C(C)C(=O)OCC[N+](CC)(CCC)CCC.C=C(C)C(=O)OCC[N+](CC)(CCC)CCCC.C=CC(=O)OCC[N+](C)(C)C.C=CC(=O)OCC[N+](CC)(CC)CC.C=CC(=O)OCC[N+](CC)(CCC)CCC.C=CC(=O)OCC[N+](CC)(CCC)CCCC.CCCC[N+](CC)(CCC)CCOC(=O)C1C=Cc2ccccc21. The Labute approximate surface area is 882 Å². The molecule has 836 valence electrons. The van der Waals surface area contributed by atoms with Gasteiger partial charge in [-0.05, 0) is 179 Å². The number of esters is 9. The van der Waals surface area contributed by atoms with Gasteiger partial charge in [-0.15, -0.1) is 0 Å². The van der Waals surface area contributed by atoms with E-state index in [0.717, 1.165) is 209 Å². The summed E-state index contributed by atoms with van der Waals surface area (Å²) < 4.78 is 55.0. The van der Waals surface area contributed by atoms with Crippen LogP contribution in [0.4, 0.5) is 0 Å². The van der Waals surface area contributed by atoms with Crippen LogP contribution in [0.3, 0.4) is 0 Å². The van der Waals surface area contributed by atoms with Crippen molar-refractivity contribution in [2.24, 2.45) is 0 Å². The molecule has 0 saturated carbocycles. The largest absolute Gasteiger partial charge is 0.459 e. The first kappa shape index (κ1) is 149. The first-order chi connectivity index (χ1) is 67.9. The summed E-state index contributed by atoms with van der Waals surface area (Å²) in [5.41, 5.74) is 4.08. The fourth-order valence-electron chi connectivity index (χ4n) is 16.6. The average molecular weight is 2050 g/mol. The summed E-state index contributed by atoms with van der Waals surface area (Å²) >= 11 is 0. The van der Waals surface area contributed by atoms with E-state index in [1.807, 2.05) is 57.6 Å². The van der Waals surface area contributed by atoms with Crippen LogP contribution in [0.15, 0.2) is 130 Å². The molecule has 0 aromatic heterocycles. The van der Waals surface area contributed by atoms with Crippen LogP contribution in [0.2, 0.25) is 0 Å². The van der Waals surface area contributed by atoms with Gasteiger partial charge >= 0.3 is 53.7 Å². The van der Waals surface area contributed by atoms with Crippen molar-refractivity contribution in [3.63, 3.8) is 0 Å². The van der Waals surface area contributed by atoms with Gasteiger partial charge in [0.1, 0.15) is 124 Å². The molecule has 1 aromatic carbocycles. The van der Waals surface area contributed by atoms with Gasteiger partial charge in [0.2, 0.25) is 0 Å². The molecular weight excluding hydrogens is 1820 g/mol. The number of hydrogen-bond acceptors (Lipinski definition) is 18. The van der Waals surface area contributed by atoms with E-state index in [1.54, 1.807) is 27.7 Å². The Bertz CT molecular complexity index is 3680. The van der Waals surface area contributed by atoms with Crippen LogP contribution in [0.25, 0.3) is 6.08 Å². The van der Waals surface area contributed by atoms with Gasteiger partial charge in [-0.1, -0.05) is 178 Å². The molecule has 0 fully saturated rings. The van der Waals surface area contributed by atoms with E-state index in [4.69, 9.17) is 42.6 Å². The summed E-state index contributed by atoms with van der Waals surface area (Å²) in [6.45, 7) is 117. The quantitative estimate of drug-likeness (QED) is 0.0255. The second-order valence-corrected chi connectivity index (χ2v) is 40.0. The van der Waals surface area contributed by atoms with Crippen molar-refractivity contribution in [2.45, 2.75) is 262 Å². The summed E-state index contributed by atoms with van der Waals surface area (Å²) in [4.78, 5) is 101. The Kier molecular flexibility index (Phi) is 91.7. The van der Waals surface area contributed by atoms with Crippen molar-refractivity contribution in [3.8, 4) is 0 Å². The highest BCUT2D eigenvalue weighted by molar-refractivity contribution is 5.89. The molecule has 4 atom stereocenters. The smallest absolute Gasteiger partial charge is 0.333 e. The highest BCUT2D eigenvalue weighted by atomic mass is 16.6. The number of carbonyl (C=O) groups excluding carboxylic acids is 9. The van der Waals surface area contributed by atoms with Gasteiger partial charge in [-0.2, -0.15) is 0 Å². The first-order valence-corrected chi connectivity index (χ1v) is 54.9. The summed E-state index contributed by atoms with van der Waals surface area (Å²) in [5, 5.41) is 0. The van der Waals surface area contributed by atoms with E-state index in [-0.39, 0.29) is 59.6 Å². The molecule has 0 radical (unpaired) electrons. The Hall–Kier alpha value is -8.25. The minimum atomic E-state index is -0.349. The number of carbonyl (C=O) groups is 9. The molecule has 0 N–H and O–H groups in total. The van der Waals surface area contributed by atoms with E-state index >= 15 is 0 Å². The summed E-state index contributed by atoms with van der Waals surface area (Å²) in [6, 6.07) is 8.05. The third kappa shape index (κ3) is 73.8. The Balaban J connectivity index is -0.000000296. The van der Waals surface area contributed by atoms with E-state index in [2.05, 4.69) is 219 Å². The van der Waals surface area contributed by atoms with Crippen molar-refractivity contribution < 1.29 is 126 Å². The number of nitrogens with zero attached hydrogens (tertiary/aromatic N) is 9. The van der Waals surface area contributed by atoms with E-state index < -0.39 is 0 Å². The Morgan fingerprint density at radius 2 is 0.451 bits per heavy atom. The van der Waals surface area contributed by atoms with Gasteiger partial charge in [-0.25, -0.2) is 38.4 Å². The maximum Gasteiger partial charge on any atom is 0.333 e. The molecule has 1 aliphatic carbocycles. The van der Waals surface area contributed by atoms with Gasteiger partial charge in [0, 0.05) is 46.6 Å². The highest BCUT2D eigenvalue weighted by Crippen LogP contribution is 2.31. The molecule has 0 saturated heterocycles. The molecule has 0 heterocycles. The molecule has 27 nitrogen and oxygen atoms in total. The lowest BCUT2D eigenvalue weighted by atomic mass is 10.0. The van der Waals surface area contributed by atoms with Crippen molar-refractivity contribution in [1.82, 2.24) is 0 Å². The van der Waals surface area contributed by atoms with Crippen molar-refractivity contribution in [1.29, 1.82) is 0 Å². The number of benzene rings is 1. The van der Waals surface area contributed by atoms with Crippen LogP contribution >= 0.6 is 0 Å². The topological polar surface area (TPSA) is 237 Å². The van der Waals surface area contributed by atoms with Gasteiger partial charge in [0.15, 0.2) is 0 Å². The van der Waals surface area contributed by atoms with Crippen LogP contribution in [-0.2, 0) is 85.8 Å². The zero-order valence-electron chi connectivity index (χ0n) is 98.7. The highest BCUT2D eigenvalue weighted by Gasteiger charge is 2.32. The Morgan fingerprint density at radius 1 is 0.257 bits per heavy atom. The number of unbranched alkanes of at least 4 members (excludes halogenated alkanes) is 3. The zero-order valence-corrected chi connectivity index (χ0v) is 98.7. The second kappa shape index (κ2) is 88.8. The van der Waals surface area contributed by atoms with Crippen LogP contribution in [0.1, 0.15) is 274 Å². The molecule has 1 aromatic rings. The number of ether oxygens (including phenoxy) is 9. The standard InChI is InChI=1S/C21H32NO2.C15H30NO2.2C14H28NO2.C13H26NO2.C12H24NO2.C11H22NO2.C9H18NO2.C8H16NO2/c1-4-7-15-22(6-3,14-5-2)16-17-24-21(23)20-13-12-18-10-8-9-11-19(18)20;1-6-9-11-16(8-3,10-7-2)12-13-18-15(17)14(4)5;1-6-9-15(8-3,10-7-2)11-12-17-14(16)13(4)5;1-5-9-11-15(8-4,10-6-2)12-13-17-14(16)7-3;1-5-9-14(8-4,10-6-2)11-12-16-13(15)7-3;1-6-13(7-2,8-3)9-10-15-12(14)11(4)5;1-5-11(13)14-10-9-12(6-2,7-3)8-4;1-8(2)9(11)12-7-6-10(3,4)5;1-5-8(10)11-7-6-9(2,3)4/h8-13,20H,4-7,14-17H2,1-3H3;4,6-13H2,1-3,5H3;4,6-12H2,1-3,5H3;7H,3,5-6,8-13H2,1-2,4H3;7H,3,5-6,8-12H2,1-2,4H3;4,6-10H2,1-3,5H3;5H,1,6-10H2,2-4H3;1,6-7H2,2-5H3;5H,1,6-7H2,2-4H3/q9*+1. The molecule has 4 unspecified atom stereocenters. The fraction of sp³-hybridized carbons (Fsp3) is 0.718. The number of hydrogen-bond donors (Lipinski definition) is 0. The molecule has 0 spiro atoms. The molecule has 0 amide bonds. The van der Waals surface area contributed by atoms with Crippen molar-refractivity contribution in [2.75, 3.05) is 298 Å². The summed E-state index contributed by atoms with van der Waals surface area (Å²) in [6.07, 6.45) is 24.4. The zero-order chi connectivity index (χ0) is 112. The maximum absolute atomic E-state index is 12.5. The number of rotatable bonds is 70. The Morgan fingerprint density at radius 3 is 0.653 bits per heavy atom. The number of likely N-dealkylation sites (N-methyl/N-ethyl adjacent to an activating group) is 9. The number of fused-ring (bicyclic) bond motifs is 1. The summed E-state index contributed by atoms with van der Waals surface area (Å²) in [5.74, 6) is -2.77. The lowest BCUT2D eigenvalue weighted by Crippen LogP contribution is -2.51. The van der Waals surface area contributed by atoms with E-state index in [1.165, 1.54) is 147 Å². The fourth-order valence-corrected chi connectivity index (χ4v) is 16.6. The lowest BCUT2D eigenvalue weighted by Gasteiger charge is -2.37. The normalized spacial score (nSPS) is 13.0. The molecule has 2 rings (SSSR count). The second-order valence-electron chi connectivity index (χ2n) is 40.0. The molecule has 144 heavy (non-hydrogen) atoms. The predicted octanol–water partition coefficient (Wildman–Crippen LogP) is 20.2. The minimum absolute atomic E-state index is 0.114. The molecular formula is C117H224N9O18+9. The minimum Gasteiger partial charge on any atom is -0.459 e. The third-order valence-electron chi connectivity index (χ3n) is 27.0. The average Bonchev–Trinajstić information content (AvgIpc) is 1.68. The van der Waals surface area contributed by atoms with Crippen molar-refractivity contribution >= 4 is 59.8 Å². The van der Waals surface area contributed by atoms with E-state index in [0.29, 0.717) is 81.8 Å². The van der Waals surface area contributed by atoms with Crippen LogP contribution in [0, 0.1) is 0 Å². The van der Waals surface area contributed by atoms with Gasteiger partial charge in [0.25, 0.3) is 0 Å².